The highest BCUT2D eigenvalue weighted by Crippen LogP contribution is 2.13. The smallest absolute Gasteiger partial charge is 0.213 e. The first kappa shape index (κ1) is 21.0. The number of aromatic nitrogens is 1. The van der Waals surface area contributed by atoms with Crippen molar-refractivity contribution in [3.05, 3.63) is 53.7 Å². The normalized spacial score (nSPS) is 10.6. The van der Waals surface area contributed by atoms with Crippen molar-refractivity contribution in [2.75, 3.05) is 20.8 Å². The number of methoxy groups -OCH3 is 2. The standard InChI is InChI=1S/C18H24N4O2.HI/c1-4-19-18(21-12-14-6-5-7-16(10-14)23-2)22-13-15-8-9-20-17(11-15)24-3;/h5-11H,4,12-13H2,1-3H3,(H2,19,21,22);1H. The summed E-state index contributed by atoms with van der Waals surface area (Å²) in [4.78, 5) is 8.71. The Morgan fingerprint density at radius 1 is 1.08 bits per heavy atom. The first-order chi connectivity index (χ1) is 11.7. The zero-order valence-corrected chi connectivity index (χ0v) is 17.1. The molecule has 0 aliphatic rings. The van der Waals surface area contributed by atoms with E-state index in [1.165, 1.54) is 0 Å². The van der Waals surface area contributed by atoms with Crippen LogP contribution in [-0.4, -0.2) is 31.7 Å². The molecule has 2 aromatic rings. The number of nitrogens with zero attached hydrogens (tertiary/aromatic N) is 2. The van der Waals surface area contributed by atoms with E-state index in [1.54, 1.807) is 20.4 Å². The molecule has 6 nitrogen and oxygen atoms in total. The van der Waals surface area contributed by atoms with Crippen LogP contribution >= 0.6 is 24.0 Å². The fourth-order valence-corrected chi connectivity index (χ4v) is 2.14. The number of aliphatic imine (C=N–C) groups is 1. The van der Waals surface area contributed by atoms with Gasteiger partial charge in [-0.1, -0.05) is 12.1 Å². The number of pyridine rings is 1. The van der Waals surface area contributed by atoms with Crippen molar-refractivity contribution in [1.29, 1.82) is 0 Å². The minimum atomic E-state index is 0. The average molecular weight is 456 g/mol. The largest absolute Gasteiger partial charge is 0.497 e. The molecule has 0 spiro atoms. The van der Waals surface area contributed by atoms with E-state index in [0.717, 1.165) is 29.4 Å². The van der Waals surface area contributed by atoms with Gasteiger partial charge < -0.3 is 20.1 Å². The molecule has 0 fully saturated rings. The highest BCUT2D eigenvalue weighted by molar-refractivity contribution is 14.0. The number of hydrogen-bond acceptors (Lipinski definition) is 4. The summed E-state index contributed by atoms with van der Waals surface area (Å²) in [6.45, 7) is 4.05. The third-order valence-electron chi connectivity index (χ3n) is 3.37. The molecule has 25 heavy (non-hydrogen) atoms. The van der Waals surface area contributed by atoms with Gasteiger partial charge in [0.05, 0.1) is 20.8 Å². The Labute approximate surface area is 166 Å². The molecule has 136 valence electrons. The van der Waals surface area contributed by atoms with Crippen LogP contribution in [0.4, 0.5) is 0 Å². The maximum absolute atomic E-state index is 5.24. The van der Waals surface area contributed by atoms with E-state index >= 15 is 0 Å². The molecular weight excluding hydrogens is 431 g/mol. The Bertz CT molecular complexity index is 680. The molecule has 1 aromatic heterocycles. The van der Waals surface area contributed by atoms with Crippen molar-refractivity contribution in [1.82, 2.24) is 15.6 Å². The van der Waals surface area contributed by atoms with Crippen LogP contribution in [0.1, 0.15) is 18.1 Å². The van der Waals surface area contributed by atoms with Gasteiger partial charge in [-0.15, -0.1) is 24.0 Å². The first-order valence-corrected chi connectivity index (χ1v) is 7.89. The lowest BCUT2D eigenvalue weighted by atomic mass is 10.2. The summed E-state index contributed by atoms with van der Waals surface area (Å²) in [6.07, 6.45) is 1.73. The SMILES string of the molecule is CCNC(=NCc1cccc(OC)c1)NCc1ccnc(OC)c1.I. The lowest BCUT2D eigenvalue weighted by molar-refractivity contribution is 0.397. The molecule has 0 amide bonds. The summed E-state index contributed by atoms with van der Waals surface area (Å²) in [5.74, 6) is 2.20. The summed E-state index contributed by atoms with van der Waals surface area (Å²) in [5, 5.41) is 6.55. The van der Waals surface area contributed by atoms with Crippen LogP contribution in [0.5, 0.6) is 11.6 Å². The van der Waals surface area contributed by atoms with Gasteiger partial charge in [-0.3, -0.25) is 0 Å². The van der Waals surface area contributed by atoms with Crippen LogP contribution in [0.25, 0.3) is 0 Å². The molecule has 2 N–H and O–H groups in total. The van der Waals surface area contributed by atoms with Gasteiger partial charge in [0.1, 0.15) is 5.75 Å². The average Bonchev–Trinajstić information content (AvgIpc) is 2.64. The van der Waals surface area contributed by atoms with Crippen molar-refractivity contribution in [2.24, 2.45) is 4.99 Å². The van der Waals surface area contributed by atoms with E-state index < -0.39 is 0 Å². The van der Waals surface area contributed by atoms with E-state index in [2.05, 4.69) is 20.6 Å². The molecule has 0 saturated carbocycles. The van der Waals surface area contributed by atoms with Crippen molar-refractivity contribution in [2.45, 2.75) is 20.0 Å². The lowest BCUT2D eigenvalue weighted by Gasteiger charge is -2.12. The summed E-state index contributed by atoms with van der Waals surface area (Å²) < 4.78 is 10.4. The third kappa shape index (κ3) is 7.16. The minimum Gasteiger partial charge on any atom is -0.497 e. The molecule has 1 heterocycles. The monoisotopic (exact) mass is 456 g/mol. The molecule has 1 aromatic carbocycles. The van der Waals surface area contributed by atoms with Gasteiger partial charge in [0.15, 0.2) is 5.96 Å². The molecule has 7 heteroatoms. The summed E-state index contributed by atoms with van der Waals surface area (Å²) in [5.41, 5.74) is 2.17. The Balaban J connectivity index is 0.00000312. The number of hydrogen-bond donors (Lipinski definition) is 2. The predicted molar refractivity (Wildman–Crippen MR) is 111 cm³/mol. The number of benzene rings is 1. The topological polar surface area (TPSA) is 67.8 Å². The van der Waals surface area contributed by atoms with E-state index in [9.17, 15) is 0 Å². The molecule has 2 rings (SSSR count). The van der Waals surface area contributed by atoms with Gasteiger partial charge in [0.2, 0.25) is 5.88 Å². The zero-order chi connectivity index (χ0) is 17.2. The van der Waals surface area contributed by atoms with Gasteiger partial charge >= 0.3 is 0 Å². The van der Waals surface area contributed by atoms with E-state index in [0.29, 0.717) is 19.0 Å². The fraction of sp³-hybridized carbons (Fsp3) is 0.333. The Morgan fingerprint density at radius 3 is 2.64 bits per heavy atom. The zero-order valence-electron chi connectivity index (χ0n) is 14.8. The Morgan fingerprint density at radius 2 is 1.92 bits per heavy atom. The number of guanidine groups is 1. The quantitative estimate of drug-likeness (QED) is 0.381. The maximum atomic E-state index is 5.24. The summed E-state index contributed by atoms with van der Waals surface area (Å²) in [6, 6.07) is 11.8. The number of ether oxygens (including phenoxy) is 2. The number of halogens is 1. The van der Waals surface area contributed by atoms with Crippen molar-refractivity contribution < 1.29 is 9.47 Å². The van der Waals surface area contributed by atoms with E-state index in [-0.39, 0.29) is 24.0 Å². The fourth-order valence-electron chi connectivity index (χ4n) is 2.14. The molecule has 0 bridgehead atoms. The molecule has 0 aliphatic heterocycles. The van der Waals surface area contributed by atoms with Crippen LogP contribution < -0.4 is 20.1 Å². The molecule has 0 atom stereocenters. The molecule has 0 aliphatic carbocycles. The van der Waals surface area contributed by atoms with E-state index in [4.69, 9.17) is 9.47 Å². The number of rotatable bonds is 7. The van der Waals surface area contributed by atoms with Crippen LogP contribution in [0, 0.1) is 0 Å². The van der Waals surface area contributed by atoms with Crippen LogP contribution in [0.2, 0.25) is 0 Å². The van der Waals surface area contributed by atoms with Crippen molar-refractivity contribution >= 4 is 29.9 Å². The van der Waals surface area contributed by atoms with Gasteiger partial charge in [-0.05, 0) is 36.2 Å². The van der Waals surface area contributed by atoms with Gasteiger partial charge in [-0.25, -0.2) is 9.98 Å². The van der Waals surface area contributed by atoms with Crippen LogP contribution in [-0.2, 0) is 13.1 Å². The van der Waals surface area contributed by atoms with Crippen LogP contribution in [0.15, 0.2) is 47.6 Å². The predicted octanol–water partition coefficient (Wildman–Crippen LogP) is 2.97. The molecular formula is C18H25IN4O2. The van der Waals surface area contributed by atoms with Crippen molar-refractivity contribution in [3.8, 4) is 11.6 Å². The Kier molecular flexibility index (Phi) is 9.68. The van der Waals surface area contributed by atoms with Gasteiger partial charge in [-0.2, -0.15) is 0 Å². The molecule has 0 radical (unpaired) electrons. The van der Waals surface area contributed by atoms with Gasteiger partial charge in [0, 0.05) is 25.4 Å². The maximum Gasteiger partial charge on any atom is 0.213 e. The van der Waals surface area contributed by atoms with E-state index in [1.807, 2.05) is 43.3 Å². The Hall–Kier alpha value is -2.03. The summed E-state index contributed by atoms with van der Waals surface area (Å²) in [7, 11) is 3.27. The van der Waals surface area contributed by atoms with Gasteiger partial charge in [0.25, 0.3) is 0 Å². The minimum absolute atomic E-state index is 0. The van der Waals surface area contributed by atoms with Crippen molar-refractivity contribution in [3.63, 3.8) is 0 Å². The second kappa shape index (κ2) is 11.5. The second-order valence-electron chi connectivity index (χ2n) is 5.11. The summed E-state index contributed by atoms with van der Waals surface area (Å²) >= 11 is 0. The highest BCUT2D eigenvalue weighted by Gasteiger charge is 2.01. The molecule has 0 saturated heterocycles. The first-order valence-electron chi connectivity index (χ1n) is 7.89. The van der Waals surface area contributed by atoms with Crippen LogP contribution in [0.3, 0.4) is 0 Å². The molecule has 0 unspecified atom stereocenters. The lowest BCUT2D eigenvalue weighted by Crippen LogP contribution is -2.36. The number of nitrogens with one attached hydrogen (secondary N) is 2. The third-order valence-corrected chi connectivity index (χ3v) is 3.37. The highest BCUT2D eigenvalue weighted by atomic mass is 127. The second-order valence-corrected chi connectivity index (χ2v) is 5.11.